The second-order valence-corrected chi connectivity index (χ2v) is 5.79. The zero-order chi connectivity index (χ0) is 16.5. The molecule has 0 spiro atoms. The molecule has 0 aliphatic heterocycles. The number of hydrogen-bond acceptors (Lipinski definition) is 3. The van der Waals surface area contributed by atoms with Crippen LogP contribution in [0.25, 0.3) is 0 Å². The Morgan fingerprint density at radius 3 is 2.78 bits per heavy atom. The molecule has 0 aliphatic carbocycles. The Bertz CT molecular complexity index is 652. The monoisotopic (exact) mass is 330 g/mol. The second kappa shape index (κ2) is 8.95. The smallest absolute Gasteiger partial charge is 0.243 e. The summed E-state index contributed by atoms with van der Waals surface area (Å²) in [7, 11) is 1.69. The van der Waals surface area contributed by atoms with Crippen LogP contribution in [0.1, 0.15) is 18.1 Å². The number of carbonyl (C=O) groups excluding carboxylic acids is 1. The van der Waals surface area contributed by atoms with Crippen molar-refractivity contribution in [2.45, 2.75) is 19.9 Å². The third kappa shape index (κ3) is 5.75. The molecule has 6 heteroatoms. The molecule has 0 bridgehead atoms. The second-order valence-electron chi connectivity index (χ2n) is 5.01. The summed E-state index contributed by atoms with van der Waals surface area (Å²) in [4.78, 5) is 16.1. The molecule has 0 fully saturated rings. The highest BCUT2D eigenvalue weighted by Crippen LogP contribution is 2.10. The van der Waals surface area contributed by atoms with Crippen molar-refractivity contribution < 1.29 is 4.79 Å². The topological polar surface area (TPSA) is 65.5 Å². The Labute approximate surface area is 140 Å². The van der Waals surface area contributed by atoms with Gasteiger partial charge in [-0.3, -0.25) is 9.79 Å². The quantitative estimate of drug-likeness (QED) is 0.563. The molecule has 2 aromatic rings. The third-order valence-corrected chi connectivity index (χ3v) is 4.03. The first-order valence-electron chi connectivity index (χ1n) is 7.55. The Hall–Kier alpha value is -2.34. The third-order valence-electron chi connectivity index (χ3n) is 3.30. The number of anilines is 1. The summed E-state index contributed by atoms with van der Waals surface area (Å²) >= 11 is 1.66. The predicted molar refractivity (Wildman–Crippen MR) is 97.0 cm³/mol. The molecule has 0 saturated heterocycles. The van der Waals surface area contributed by atoms with Crippen LogP contribution in [-0.2, 0) is 17.8 Å². The summed E-state index contributed by atoms with van der Waals surface area (Å²) in [5, 5.41) is 13.2. The number of rotatable bonds is 6. The van der Waals surface area contributed by atoms with Crippen molar-refractivity contribution >= 4 is 28.9 Å². The first kappa shape index (κ1) is 17.0. The number of benzene rings is 1. The molecule has 1 aromatic heterocycles. The normalized spacial score (nSPS) is 11.1. The Kier molecular flexibility index (Phi) is 6.62. The number of amides is 1. The molecule has 3 N–H and O–H groups in total. The minimum atomic E-state index is -0.100. The number of hydrogen-bond donors (Lipinski definition) is 3. The van der Waals surface area contributed by atoms with E-state index >= 15 is 0 Å². The van der Waals surface area contributed by atoms with Gasteiger partial charge in [0, 0.05) is 19.3 Å². The maximum atomic E-state index is 12.0. The molecule has 1 aromatic carbocycles. The molecule has 23 heavy (non-hydrogen) atoms. The lowest BCUT2D eigenvalue weighted by atomic mass is 10.1. The van der Waals surface area contributed by atoms with Crippen LogP contribution in [-0.4, -0.2) is 25.5 Å². The van der Waals surface area contributed by atoms with Crippen LogP contribution in [0.4, 0.5) is 5.69 Å². The van der Waals surface area contributed by atoms with Crippen molar-refractivity contribution in [3.05, 3.63) is 52.2 Å². The number of guanidine groups is 1. The predicted octanol–water partition coefficient (Wildman–Crippen LogP) is 2.61. The van der Waals surface area contributed by atoms with Crippen molar-refractivity contribution in [3.8, 4) is 0 Å². The van der Waals surface area contributed by atoms with Crippen LogP contribution < -0.4 is 16.0 Å². The van der Waals surface area contributed by atoms with Gasteiger partial charge in [0.15, 0.2) is 5.96 Å². The van der Waals surface area contributed by atoms with Crippen molar-refractivity contribution in [2.24, 2.45) is 4.99 Å². The Balaban J connectivity index is 1.77. The van der Waals surface area contributed by atoms with Gasteiger partial charge in [-0.2, -0.15) is 11.3 Å². The zero-order valence-corrected chi connectivity index (χ0v) is 14.2. The number of thiophene rings is 1. The lowest BCUT2D eigenvalue weighted by Crippen LogP contribution is -2.41. The van der Waals surface area contributed by atoms with Gasteiger partial charge < -0.3 is 16.0 Å². The fourth-order valence-electron chi connectivity index (χ4n) is 2.04. The van der Waals surface area contributed by atoms with Crippen LogP contribution in [0.2, 0.25) is 0 Å². The van der Waals surface area contributed by atoms with E-state index in [1.54, 1.807) is 18.4 Å². The van der Waals surface area contributed by atoms with E-state index in [4.69, 9.17) is 0 Å². The van der Waals surface area contributed by atoms with E-state index in [2.05, 4.69) is 39.3 Å². The van der Waals surface area contributed by atoms with Crippen LogP contribution in [0.5, 0.6) is 0 Å². The van der Waals surface area contributed by atoms with Gasteiger partial charge in [0.1, 0.15) is 0 Å². The standard InChI is InChI=1S/C17H22N4OS/c1-3-13-5-4-6-15(9-13)21-16(22)11-20-17(18-2)19-10-14-7-8-23-12-14/h4-9,12H,3,10-11H2,1-2H3,(H,21,22)(H2,18,19,20). The average Bonchev–Trinajstić information content (AvgIpc) is 3.08. The van der Waals surface area contributed by atoms with Crippen LogP contribution in [0.15, 0.2) is 46.1 Å². The molecule has 2 rings (SSSR count). The Morgan fingerprint density at radius 1 is 1.22 bits per heavy atom. The van der Waals surface area contributed by atoms with E-state index in [0.29, 0.717) is 12.5 Å². The molecule has 122 valence electrons. The highest BCUT2D eigenvalue weighted by Gasteiger charge is 2.05. The molecule has 5 nitrogen and oxygen atoms in total. The summed E-state index contributed by atoms with van der Waals surface area (Å²) in [5.41, 5.74) is 3.21. The van der Waals surface area contributed by atoms with Crippen LogP contribution in [0.3, 0.4) is 0 Å². The summed E-state index contributed by atoms with van der Waals surface area (Å²) in [6.45, 7) is 2.94. The molecular weight excluding hydrogens is 308 g/mol. The SMILES string of the molecule is CCc1cccc(NC(=O)CNC(=NC)NCc2ccsc2)c1. The highest BCUT2D eigenvalue weighted by molar-refractivity contribution is 7.07. The Morgan fingerprint density at radius 2 is 2.09 bits per heavy atom. The number of aliphatic imine (C=N–C) groups is 1. The molecule has 1 heterocycles. The van der Waals surface area contributed by atoms with Gasteiger partial charge in [-0.05, 0) is 46.5 Å². The highest BCUT2D eigenvalue weighted by atomic mass is 32.1. The maximum Gasteiger partial charge on any atom is 0.243 e. The van der Waals surface area contributed by atoms with Gasteiger partial charge in [0.25, 0.3) is 0 Å². The van der Waals surface area contributed by atoms with E-state index in [1.807, 2.05) is 29.6 Å². The molecule has 0 saturated carbocycles. The number of nitrogens with one attached hydrogen (secondary N) is 3. The molecule has 0 unspecified atom stereocenters. The summed E-state index contributed by atoms with van der Waals surface area (Å²) in [5.74, 6) is 0.505. The summed E-state index contributed by atoms with van der Waals surface area (Å²) < 4.78 is 0. The molecular formula is C17H22N4OS. The molecule has 0 aliphatic rings. The fourth-order valence-corrected chi connectivity index (χ4v) is 2.71. The van der Waals surface area contributed by atoms with Gasteiger partial charge >= 0.3 is 0 Å². The number of aryl methyl sites for hydroxylation is 1. The minimum Gasteiger partial charge on any atom is -0.352 e. The minimum absolute atomic E-state index is 0.100. The van der Waals surface area contributed by atoms with E-state index in [0.717, 1.165) is 12.1 Å². The van der Waals surface area contributed by atoms with E-state index < -0.39 is 0 Å². The molecule has 1 amide bonds. The van der Waals surface area contributed by atoms with Gasteiger partial charge in [-0.15, -0.1) is 0 Å². The van der Waals surface area contributed by atoms with Crippen molar-refractivity contribution in [2.75, 3.05) is 18.9 Å². The van der Waals surface area contributed by atoms with Crippen molar-refractivity contribution in [1.82, 2.24) is 10.6 Å². The van der Waals surface area contributed by atoms with Gasteiger partial charge in [-0.1, -0.05) is 19.1 Å². The van der Waals surface area contributed by atoms with Crippen molar-refractivity contribution in [1.29, 1.82) is 0 Å². The average molecular weight is 330 g/mol. The maximum absolute atomic E-state index is 12.0. The van der Waals surface area contributed by atoms with Gasteiger partial charge in [0.05, 0.1) is 6.54 Å². The van der Waals surface area contributed by atoms with E-state index in [-0.39, 0.29) is 12.5 Å². The molecule has 0 atom stereocenters. The number of nitrogens with zero attached hydrogens (tertiary/aromatic N) is 1. The molecule has 0 radical (unpaired) electrons. The zero-order valence-electron chi connectivity index (χ0n) is 13.4. The van der Waals surface area contributed by atoms with Gasteiger partial charge in [0.2, 0.25) is 5.91 Å². The number of carbonyl (C=O) groups is 1. The van der Waals surface area contributed by atoms with Crippen LogP contribution in [0, 0.1) is 0 Å². The summed E-state index contributed by atoms with van der Waals surface area (Å²) in [6, 6.07) is 9.92. The summed E-state index contributed by atoms with van der Waals surface area (Å²) in [6.07, 6.45) is 0.946. The van der Waals surface area contributed by atoms with E-state index in [9.17, 15) is 4.79 Å². The first-order chi connectivity index (χ1) is 11.2. The lowest BCUT2D eigenvalue weighted by Gasteiger charge is -2.12. The van der Waals surface area contributed by atoms with Crippen LogP contribution >= 0.6 is 11.3 Å². The fraction of sp³-hybridized carbons (Fsp3) is 0.294. The lowest BCUT2D eigenvalue weighted by molar-refractivity contribution is -0.115. The van der Waals surface area contributed by atoms with Gasteiger partial charge in [-0.25, -0.2) is 0 Å². The van der Waals surface area contributed by atoms with E-state index in [1.165, 1.54) is 11.1 Å². The van der Waals surface area contributed by atoms with Crippen molar-refractivity contribution in [3.63, 3.8) is 0 Å². The largest absolute Gasteiger partial charge is 0.352 e. The first-order valence-corrected chi connectivity index (χ1v) is 8.50.